The number of allylic oxidation sites excluding steroid dienone is 4. The zero-order valence-corrected chi connectivity index (χ0v) is 8.79. The Morgan fingerprint density at radius 3 is 2.92 bits per heavy atom. The highest BCUT2D eigenvalue weighted by atomic mass is 79.9. The van der Waals surface area contributed by atoms with Crippen molar-refractivity contribution < 1.29 is 0 Å². The molecule has 2 heteroatoms. The van der Waals surface area contributed by atoms with Gasteiger partial charge in [0.05, 0.1) is 5.69 Å². The highest BCUT2D eigenvalue weighted by molar-refractivity contribution is 9.11. The quantitative estimate of drug-likeness (QED) is 0.726. The van der Waals surface area contributed by atoms with E-state index in [-0.39, 0.29) is 0 Å². The summed E-state index contributed by atoms with van der Waals surface area (Å²) in [7, 11) is 0. The van der Waals surface area contributed by atoms with E-state index in [1.807, 2.05) is 24.4 Å². The van der Waals surface area contributed by atoms with Crippen LogP contribution < -0.4 is 0 Å². The largest absolute Gasteiger partial charge is 0.256 e. The maximum atomic E-state index is 4.30. The van der Waals surface area contributed by atoms with Crippen LogP contribution in [0, 0.1) is 0 Å². The number of pyridine rings is 1. The topological polar surface area (TPSA) is 12.9 Å². The molecule has 0 aromatic carbocycles. The third kappa shape index (κ3) is 2.07. The number of aromatic nitrogens is 1. The van der Waals surface area contributed by atoms with Gasteiger partial charge in [0.1, 0.15) is 0 Å². The van der Waals surface area contributed by atoms with Crippen molar-refractivity contribution in [2.24, 2.45) is 0 Å². The van der Waals surface area contributed by atoms with Crippen LogP contribution in [0.3, 0.4) is 0 Å². The Morgan fingerprint density at radius 2 is 2.23 bits per heavy atom. The molecule has 1 nitrogen and oxygen atoms in total. The van der Waals surface area contributed by atoms with Crippen LogP contribution in [-0.4, -0.2) is 4.98 Å². The van der Waals surface area contributed by atoms with Gasteiger partial charge in [-0.2, -0.15) is 0 Å². The van der Waals surface area contributed by atoms with Crippen molar-refractivity contribution in [2.45, 2.75) is 12.8 Å². The van der Waals surface area contributed by atoms with Gasteiger partial charge in [-0.3, -0.25) is 4.98 Å². The molecule has 0 aliphatic heterocycles. The second kappa shape index (κ2) is 3.88. The Hall–Kier alpha value is -0.890. The monoisotopic (exact) mass is 235 g/mol. The van der Waals surface area contributed by atoms with Crippen LogP contribution in [0.4, 0.5) is 0 Å². The fourth-order valence-corrected chi connectivity index (χ4v) is 1.85. The molecule has 2 rings (SSSR count). The average molecular weight is 236 g/mol. The molecule has 0 spiro atoms. The van der Waals surface area contributed by atoms with Crippen molar-refractivity contribution in [1.29, 1.82) is 0 Å². The normalized spacial score (nSPS) is 16.4. The summed E-state index contributed by atoms with van der Waals surface area (Å²) in [5.74, 6) is 0. The molecule has 0 unspecified atom stereocenters. The molecule has 0 radical (unpaired) electrons. The molecule has 13 heavy (non-hydrogen) atoms. The summed E-state index contributed by atoms with van der Waals surface area (Å²) in [6.07, 6.45) is 8.41. The summed E-state index contributed by atoms with van der Waals surface area (Å²) in [5, 5.41) is 0. The van der Waals surface area contributed by atoms with Crippen molar-refractivity contribution in [1.82, 2.24) is 4.98 Å². The van der Waals surface area contributed by atoms with E-state index in [4.69, 9.17) is 0 Å². The molecule has 1 heterocycles. The fourth-order valence-electron chi connectivity index (χ4n) is 1.38. The number of rotatable bonds is 1. The minimum absolute atomic E-state index is 1.05. The molecule has 0 N–H and O–H groups in total. The standard InChI is InChI=1S/C11H10BrN/c12-10-5-3-4-9(8-10)11-6-1-2-7-13-11/h1-2,4,6-8H,3,5H2. The molecule has 66 valence electrons. The van der Waals surface area contributed by atoms with Crippen molar-refractivity contribution in [3.63, 3.8) is 0 Å². The number of hydrogen-bond acceptors (Lipinski definition) is 1. The first-order chi connectivity index (χ1) is 6.36. The summed E-state index contributed by atoms with van der Waals surface area (Å²) in [6.45, 7) is 0. The van der Waals surface area contributed by atoms with E-state index < -0.39 is 0 Å². The minimum atomic E-state index is 1.05. The zero-order valence-electron chi connectivity index (χ0n) is 7.20. The predicted molar refractivity (Wildman–Crippen MR) is 58.5 cm³/mol. The molecular weight excluding hydrogens is 226 g/mol. The lowest BCUT2D eigenvalue weighted by Gasteiger charge is -2.08. The van der Waals surface area contributed by atoms with Gasteiger partial charge < -0.3 is 0 Å². The third-order valence-electron chi connectivity index (χ3n) is 2.02. The first-order valence-electron chi connectivity index (χ1n) is 4.34. The van der Waals surface area contributed by atoms with E-state index in [9.17, 15) is 0 Å². The Labute approximate surface area is 86.3 Å². The SMILES string of the molecule is BrC1=CC(c2ccccn2)=CCC1. The van der Waals surface area contributed by atoms with Crippen LogP contribution in [0.1, 0.15) is 18.5 Å². The average Bonchev–Trinajstić information content (AvgIpc) is 2.19. The molecule has 0 amide bonds. The van der Waals surface area contributed by atoms with Gasteiger partial charge in [0, 0.05) is 6.20 Å². The van der Waals surface area contributed by atoms with E-state index in [0.29, 0.717) is 0 Å². The van der Waals surface area contributed by atoms with Crippen LogP contribution in [0.25, 0.3) is 5.57 Å². The highest BCUT2D eigenvalue weighted by Gasteiger charge is 2.05. The lowest BCUT2D eigenvalue weighted by molar-refractivity contribution is 1.03. The highest BCUT2D eigenvalue weighted by Crippen LogP contribution is 2.26. The Kier molecular flexibility index (Phi) is 2.60. The molecular formula is C11H10BrN. The Balaban J connectivity index is 2.33. The third-order valence-corrected chi connectivity index (χ3v) is 2.65. The maximum absolute atomic E-state index is 4.30. The summed E-state index contributed by atoms with van der Waals surface area (Å²) < 4.78 is 1.26. The molecule has 0 bridgehead atoms. The van der Waals surface area contributed by atoms with Gasteiger partial charge in [-0.25, -0.2) is 0 Å². The van der Waals surface area contributed by atoms with Gasteiger partial charge in [0.25, 0.3) is 0 Å². The maximum Gasteiger partial charge on any atom is 0.0699 e. The zero-order chi connectivity index (χ0) is 9.10. The Bertz CT molecular complexity index is 352. The van der Waals surface area contributed by atoms with E-state index in [2.05, 4.69) is 33.1 Å². The smallest absolute Gasteiger partial charge is 0.0699 e. The molecule has 1 aromatic rings. The van der Waals surface area contributed by atoms with E-state index in [1.165, 1.54) is 10.1 Å². The van der Waals surface area contributed by atoms with Crippen LogP contribution in [-0.2, 0) is 0 Å². The van der Waals surface area contributed by atoms with Gasteiger partial charge in [-0.15, -0.1) is 0 Å². The van der Waals surface area contributed by atoms with Gasteiger partial charge in [0.2, 0.25) is 0 Å². The molecule has 1 aromatic heterocycles. The van der Waals surface area contributed by atoms with Crippen LogP contribution in [0.15, 0.2) is 41.0 Å². The predicted octanol–water partition coefficient (Wildman–Crippen LogP) is 3.54. The van der Waals surface area contributed by atoms with Crippen molar-refractivity contribution in [3.8, 4) is 0 Å². The van der Waals surface area contributed by atoms with Gasteiger partial charge in [-0.1, -0.05) is 28.1 Å². The van der Waals surface area contributed by atoms with E-state index >= 15 is 0 Å². The fraction of sp³-hybridized carbons (Fsp3) is 0.182. The van der Waals surface area contributed by atoms with Gasteiger partial charge >= 0.3 is 0 Å². The van der Waals surface area contributed by atoms with Crippen LogP contribution in [0.5, 0.6) is 0 Å². The van der Waals surface area contributed by atoms with E-state index in [0.717, 1.165) is 18.5 Å². The number of halogens is 1. The minimum Gasteiger partial charge on any atom is -0.256 e. The van der Waals surface area contributed by atoms with Crippen molar-refractivity contribution >= 4 is 21.5 Å². The summed E-state index contributed by atoms with van der Waals surface area (Å²) in [5.41, 5.74) is 2.28. The summed E-state index contributed by atoms with van der Waals surface area (Å²) >= 11 is 3.52. The number of hydrogen-bond donors (Lipinski definition) is 0. The van der Waals surface area contributed by atoms with Crippen LogP contribution in [0.2, 0.25) is 0 Å². The summed E-state index contributed by atoms with van der Waals surface area (Å²) in [4.78, 5) is 4.30. The van der Waals surface area contributed by atoms with E-state index in [1.54, 1.807) is 0 Å². The van der Waals surface area contributed by atoms with Crippen molar-refractivity contribution in [2.75, 3.05) is 0 Å². The lowest BCUT2D eigenvalue weighted by atomic mass is 10.0. The molecule has 0 fully saturated rings. The molecule has 0 saturated heterocycles. The second-order valence-corrected chi connectivity index (χ2v) is 4.02. The van der Waals surface area contributed by atoms with Crippen molar-refractivity contribution in [3.05, 3.63) is 46.7 Å². The van der Waals surface area contributed by atoms with Crippen LogP contribution >= 0.6 is 15.9 Å². The first-order valence-corrected chi connectivity index (χ1v) is 5.13. The summed E-state index contributed by atoms with van der Waals surface area (Å²) in [6, 6.07) is 5.99. The molecule has 1 aliphatic carbocycles. The van der Waals surface area contributed by atoms with Gasteiger partial charge in [-0.05, 0) is 41.1 Å². The second-order valence-electron chi connectivity index (χ2n) is 3.00. The first kappa shape index (κ1) is 8.70. The molecule has 0 saturated carbocycles. The number of nitrogens with zero attached hydrogens (tertiary/aromatic N) is 1. The van der Waals surface area contributed by atoms with Gasteiger partial charge in [0.15, 0.2) is 0 Å². The molecule has 1 aliphatic rings. The lowest BCUT2D eigenvalue weighted by Crippen LogP contribution is -1.90. The molecule has 0 atom stereocenters. The Morgan fingerprint density at radius 1 is 1.31 bits per heavy atom.